The van der Waals surface area contributed by atoms with E-state index in [0.717, 1.165) is 35.3 Å². The van der Waals surface area contributed by atoms with Crippen LogP contribution in [0.4, 0.5) is 0 Å². The molecule has 3 nitrogen and oxygen atoms in total. The lowest BCUT2D eigenvalue weighted by Gasteiger charge is -2.34. The van der Waals surface area contributed by atoms with Gasteiger partial charge in [0.25, 0.3) is 5.91 Å². The standard InChI is InChI=1S/C20H17Cl3N2OS/c21-15-6-5-13(11-16(15)22)12-24-7-9-25(10-8-24)20(26)19-18(23)14-3-1-2-4-17(14)27-19/h1-6,11H,7-10,12H2. The van der Waals surface area contributed by atoms with Crippen LogP contribution in [0.15, 0.2) is 42.5 Å². The molecular weight excluding hydrogens is 423 g/mol. The van der Waals surface area contributed by atoms with Gasteiger partial charge >= 0.3 is 0 Å². The number of thiophene rings is 1. The maximum atomic E-state index is 12.9. The summed E-state index contributed by atoms with van der Waals surface area (Å²) in [6.07, 6.45) is 0. The number of amides is 1. The van der Waals surface area contributed by atoms with E-state index in [4.69, 9.17) is 34.8 Å². The van der Waals surface area contributed by atoms with Gasteiger partial charge in [-0.05, 0) is 23.8 Å². The second-order valence-electron chi connectivity index (χ2n) is 6.56. The Labute approximate surface area is 177 Å². The number of hydrogen-bond acceptors (Lipinski definition) is 3. The molecule has 1 aliphatic rings. The molecule has 27 heavy (non-hydrogen) atoms. The largest absolute Gasteiger partial charge is 0.335 e. The zero-order valence-corrected chi connectivity index (χ0v) is 17.5. The van der Waals surface area contributed by atoms with E-state index in [1.54, 1.807) is 0 Å². The van der Waals surface area contributed by atoms with Crippen molar-refractivity contribution in [3.8, 4) is 0 Å². The normalized spacial score (nSPS) is 15.4. The number of benzene rings is 2. The topological polar surface area (TPSA) is 23.6 Å². The third-order valence-corrected chi connectivity index (χ3v) is 7.18. The minimum Gasteiger partial charge on any atom is -0.335 e. The Morgan fingerprint density at radius 1 is 0.963 bits per heavy atom. The molecule has 1 amide bonds. The number of fused-ring (bicyclic) bond motifs is 1. The van der Waals surface area contributed by atoms with Gasteiger partial charge in [-0.1, -0.05) is 59.1 Å². The number of carbonyl (C=O) groups excluding carboxylic acids is 1. The van der Waals surface area contributed by atoms with Crippen molar-refractivity contribution in [3.63, 3.8) is 0 Å². The van der Waals surface area contributed by atoms with E-state index in [1.165, 1.54) is 11.3 Å². The SMILES string of the molecule is O=C(c1sc2ccccc2c1Cl)N1CCN(Cc2ccc(Cl)c(Cl)c2)CC1. The fourth-order valence-electron chi connectivity index (χ4n) is 3.30. The van der Waals surface area contributed by atoms with E-state index < -0.39 is 0 Å². The first-order chi connectivity index (χ1) is 13.0. The van der Waals surface area contributed by atoms with Crippen LogP contribution < -0.4 is 0 Å². The van der Waals surface area contributed by atoms with Crippen LogP contribution in [0.3, 0.4) is 0 Å². The molecule has 1 fully saturated rings. The maximum Gasteiger partial charge on any atom is 0.265 e. The fourth-order valence-corrected chi connectivity index (χ4v) is 5.10. The van der Waals surface area contributed by atoms with Crippen LogP contribution in [0.5, 0.6) is 0 Å². The molecule has 0 aliphatic carbocycles. The Kier molecular flexibility index (Phi) is 5.62. The molecular formula is C20H17Cl3N2OS. The van der Waals surface area contributed by atoms with Crippen LogP contribution in [0.25, 0.3) is 10.1 Å². The van der Waals surface area contributed by atoms with Crippen molar-refractivity contribution >= 4 is 62.1 Å². The first-order valence-electron chi connectivity index (χ1n) is 8.65. The van der Waals surface area contributed by atoms with E-state index in [0.29, 0.717) is 33.0 Å². The van der Waals surface area contributed by atoms with Crippen LogP contribution in [-0.2, 0) is 6.54 Å². The molecule has 1 aliphatic heterocycles. The predicted molar refractivity (Wildman–Crippen MR) is 114 cm³/mol. The number of halogens is 3. The summed E-state index contributed by atoms with van der Waals surface area (Å²) in [7, 11) is 0. The Hall–Kier alpha value is -1.30. The van der Waals surface area contributed by atoms with Crippen LogP contribution in [0.1, 0.15) is 15.2 Å². The third kappa shape index (κ3) is 3.96. The summed E-state index contributed by atoms with van der Waals surface area (Å²) in [5.41, 5.74) is 1.12. The highest BCUT2D eigenvalue weighted by atomic mass is 35.5. The minimum atomic E-state index is 0.0235. The zero-order chi connectivity index (χ0) is 19.0. The van der Waals surface area contributed by atoms with Crippen LogP contribution in [-0.4, -0.2) is 41.9 Å². The zero-order valence-electron chi connectivity index (χ0n) is 14.4. The predicted octanol–water partition coefficient (Wildman–Crippen LogP) is 5.82. The quantitative estimate of drug-likeness (QED) is 0.513. The summed E-state index contributed by atoms with van der Waals surface area (Å²) < 4.78 is 1.05. The van der Waals surface area contributed by atoms with Crippen molar-refractivity contribution < 1.29 is 4.79 Å². The molecule has 3 aromatic rings. The van der Waals surface area contributed by atoms with Gasteiger partial charge in [-0.2, -0.15) is 0 Å². The van der Waals surface area contributed by atoms with E-state index in [1.807, 2.05) is 47.4 Å². The number of piperazine rings is 1. The minimum absolute atomic E-state index is 0.0235. The number of carbonyl (C=O) groups is 1. The van der Waals surface area contributed by atoms with Crippen LogP contribution >= 0.6 is 46.1 Å². The summed E-state index contributed by atoms with van der Waals surface area (Å²) in [6.45, 7) is 3.79. The molecule has 1 aromatic heterocycles. The average Bonchev–Trinajstić information content (AvgIpc) is 3.02. The van der Waals surface area contributed by atoms with Gasteiger partial charge < -0.3 is 4.90 Å². The van der Waals surface area contributed by atoms with Gasteiger partial charge in [-0.15, -0.1) is 11.3 Å². The van der Waals surface area contributed by atoms with Gasteiger partial charge in [-0.25, -0.2) is 0 Å². The Morgan fingerprint density at radius 2 is 1.70 bits per heavy atom. The molecule has 0 unspecified atom stereocenters. The molecule has 7 heteroatoms. The maximum absolute atomic E-state index is 12.9. The third-order valence-electron chi connectivity index (χ3n) is 4.78. The molecule has 0 bridgehead atoms. The highest BCUT2D eigenvalue weighted by Gasteiger charge is 2.26. The first-order valence-corrected chi connectivity index (χ1v) is 10.6. The van der Waals surface area contributed by atoms with E-state index in [2.05, 4.69) is 4.90 Å². The van der Waals surface area contributed by atoms with Crippen LogP contribution in [0, 0.1) is 0 Å². The number of hydrogen-bond donors (Lipinski definition) is 0. The van der Waals surface area contributed by atoms with Gasteiger partial charge in [0.05, 0.1) is 15.1 Å². The van der Waals surface area contributed by atoms with Crippen molar-refractivity contribution in [2.45, 2.75) is 6.54 Å². The van der Waals surface area contributed by atoms with Crippen molar-refractivity contribution in [1.82, 2.24) is 9.80 Å². The molecule has 0 spiro atoms. The first kappa shape index (κ1) is 19.0. The Morgan fingerprint density at radius 3 is 2.41 bits per heavy atom. The van der Waals surface area contributed by atoms with E-state index >= 15 is 0 Å². The lowest BCUT2D eigenvalue weighted by Crippen LogP contribution is -2.48. The second kappa shape index (κ2) is 7.98. The lowest BCUT2D eigenvalue weighted by molar-refractivity contribution is 0.0633. The molecule has 1 saturated heterocycles. The second-order valence-corrected chi connectivity index (χ2v) is 8.80. The number of rotatable bonds is 3. The summed E-state index contributed by atoms with van der Waals surface area (Å²) >= 11 is 20.0. The van der Waals surface area contributed by atoms with Gasteiger partial charge in [0, 0.05) is 42.8 Å². The van der Waals surface area contributed by atoms with E-state index in [-0.39, 0.29) is 5.91 Å². The summed E-state index contributed by atoms with van der Waals surface area (Å²) in [6, 6.07) is 13.6. The molecule has 0 atom stereocenters. The van der Waals surface area contributed by atoms with Crippen LogP contribution in [0.2, 0.25) is 15.1 Å². The smallest absolute Gasteiger partial charge is 0.265 e. The summed E-state index contributed by atoms with van der Waals surface area (Å²) in [5.74, 6) is 0.0235. The van der Waals surface area contributed by atoms with Gasteiger partial charge in [0.2, 0.25) is 0 Å². The highest BCUT2D eigenvalue weighted by Crippen LogP contribution is 2.36. The Balaban J connectivity index is 1.41. The monoisotopic (exact) mass is 438 g/mol. The molecule has 4 rings (SSSR count). The van der Waals surface area contributed by atoms with Gasteiger partial charge in [-0.3, -0.25) is 9.69 Å². The molecule has 2 aromatic carbocycles. The lowest BCUT2D eigenvalue weighted by atomic mass is 10.2. The Bertz CT molecular complexity index is 996. The fraction of sp³-hybridized carbons (Fsp3) is 0.250. The van der Waals surface area contributed by atoms with Crippen molar-refractivity contribution in [3.05, 3.63) is 68.0 Å². The molecule has 0 saturated carbocycles. The average molecular weight is 440 g/mol. The molecule has 0 N–H and O–H groups in total. The molecule has 2 heterocycles. The van der Waals surface area contributed by atoms with Crippen molar-refractivity contribution in [2.75, 3.05) is 26.2 Å². The highest BCUT2D eigenvalue weighted by molar-refractivity contribution is 7.21. The van der Waals surface area contributed by atoms with E-state index in [9.17, 15) is 4.79 Å². The van der Waals surface area contributed by atoms with Gasteiger partial charge in [0.1, 0.15) is 4.88 Å². The van der Waals surface area contributed by atoms with Gasteiger partial charge in [0.15, 0.2) is 0 Å². The summed E-state index contributed by atoms with van der Waals surface area (Å²) in [5, 5.41) is 2.66. The van der Waals surface area contributed by atoms with Crippen molar-refractivity contribution in [1.29, 1.82) is 0 Å². The number of nitrogens with zero attached hydrogens (tertiary/aromatic N) is 2. The molecule has 140 valence electrons. The summed E-state index contributed by atoms with van der Waals surface area (Å²) in [4.78, 5) is 17.8. The molecule has 0 radical (unpaired) electrons. The van der Waals surface area contributed by atoms with Crippen molar-refractivity contribution in [2.24, 2.45) is 0 Å².